The lowest BCUT2D eigenvalue weighted by Crippen LogP contribution is -2.23. The van der Waals surface area contributed by atoms with Crippen molar-refractivity contribution in [1.82, 2.24) is 9.55 Å². The van der Waals surface area contributed by atoms with Gasteiger partial charge in [0.1, 0.15) is 4.83 Å². The third-order valence-electron chi connectivity index (χ3n) is 6.71. The molecular formula is C29H25N3O2S2. The molecule has 5 aromatic rings. The molecule has 1 aliphatic carbocycles. The van der Waals surface area contributed by atoms with E-state index in [0.29, 0.717) is 11.1 Å². The highest BCUT2D eigenvalue weighted by Gasteiger charge is 2.25. The van der Waals surface area contributed by atoms with Crippen LogP contribution in [-0.2, 0) is 17.6 Å². The molecule has 2 aromatic heterocycles. The van der Waals surface area contributed by atoms with Crippen molar-refractivity contribution in [2.45, 2.75) is 31.3 Å². The summed E-state index contributed by atoms with van der Waals surface area (Å²) in [6.45, 7) is 2.26. The summed E-state index contributed by atoms with van der Waals surface area (Å²) in [6.07, 6.45) is 3.01. The Hall–Kier alpha value is -3.42. The molecule has 2 heterocycles. The molecule has 5 nitrogen and oxygen atoms in total. The zero-order chi connectivity index (χ0) is 24.6. The molecule has 1 unspecified atom stereocenters. The van der Waals surface area contributed by atoms with Crippen molar-refractivity contribution >= 4 is 55.7 Å². The first-order chi connectivity index (χ1) is 17.6. The predicted octanol–water partition coefficient (Wildman–Crippen LogP) is 6.46. The van der Waals surface area contributed by atoms with E-state index in [2.05, 4.69) is 12.2 Å². The van der Waals surface area contributed by atoms with Gasteiger partial charge in [0.25, 0.3) is 5.56 Å². The number of amides is 1. The van der Waals surface area contributed by atoms with Crippen LogP contribution in [0.1, 0.15) is 23.8 Å². The molecule has 0 saturated carbocycles. The molecule has 7 heteroatoms. The Balaban J connectivity index is 1.35. The molecule has 3 aromatic carbocycles. The lowest BCUT2D eigenvalue weighted by Gasteiger charge is -2.17. The van der Waals surface area contributed by atoms with Gasteiger partial charge in [0.15, 0.2) is 5.16 Å². The van der Waals surface area contributed by atoms with Crippen molar-refractivity contribution in [3.63, 3.8) is 0 Å². The van der Waals surface area contributed by atoms with E-state index in [1.54, 1.807) is 15.9 Å². The van der Waals surface area contributed by atoms with Gasteiger partial charge in [-0.2, -0.15) is 0 Å². The summed E-state index contributed by atoms with van der Waals surface area (Å²) in [5, 5.41) is 6.40. The number of para-hydroxylation sites is 1. The molecule has 0 aliphatic heterocycles. The van der Waals surface area contributed by atoms with Crippen LogP contribution in [0.2, 0.25) is 0 Å². The molecule has 36 heavy (non-hydrogen) atoms. The summed E-state index contributed by atoms with van der Waals surface area (Å²) in [5.41, 5.74) is 2.66. The Labute approximate surface area is 217 Å². The van der Waals surface area contributed by atoms with Crippen molar-refractivity contribution in [3.8, 4) is 5.69 Å². The quantitative estimate of drug-likeness (QED) is 0.217. The topological polar surface area (TPSA) is 64.0 Å². The van der Waals surface area contributed by atoms with Gasteiger partial charge in [-0.25, -0.2) is 4.98 Å². The number of thioether (sulfide) groups is 1. The van der Waals surface area contributed by atoms with Crippen LogP contribution in [0.15, 0.2) is 82.7 Å². The molecule has 1 atom stereocenters. The first-order valence-electron chi connectivity index (χ1n) is 12.1. The third-order valence-corrected chi connectivity index (χ3v) is 8.80. The van der Waals surface area contributed by atoms with Gasteiger partial charge in [-0.05, 0) is 54.3 Å². The Morgan fingerprint density at radius 2 is 1.86 bits per heavy atom. The van der Waals surface area contributed by atoms with Crippen LogP contribution < -0.4 is 10.9 Å². The minimum Gasteiger partial charge on any atom is -0.325 e. The Bertz CT molecular complexity index is 1650. The molecule has 1 amide bonds. The highest BCUT2D eigenvalue weighted by atomic mass is 32.2. The average Bonchev–Trinajstić information content (AvgIpc) is 3.26. The summed E-state index contributed by atoms with van der Waals surface area (Å²) in [7, 11) is 0. The maximum absolute atomic E-state index is 13.9. The Morgan fingerprint density at radius 3 is 2.72 bits per heavy atom. The molecule has 0 bridgehead atoms. The molecule has 0 saturated heterocycles. The highest BCUT2D eigenvalue weighted by molar-refractivity contribution is 7.99. The number of fused-ring (bicyclic) bond motifs is 4. The number of thiophene rings is 1. The maximum Gasteiger partial charge on any atom is 0.267 e. The standard InChI is InChI=1S/C29H25N3O2S2/c1-18-14-15-22-24(16-18)36-27-26(22)28(34)32(20-10-3-2-4-11-20)29(31-27)35-17-25(33)30-23-13-7-9-19-8-5-6-12-21(19)23/h2-13,18H,14-17H2,1H3,(H,30,33). The molecule has 1 N–H and O–H groups in total. The number of aromatic nitrogens is 2. The fourth-order valence-electron chi connectivity index (χ4n) is 4.92. The Kier molecular flexibility index (Phi) is 6.11. The van der Waals surface area contributed by atoms with Crippen LogP contribution >= 0.6 is 23.1 Å². The van der Waals surface area contributed by atoms with E-state index >= 15 is 0 Å². The monoisotopic (exact) mass is 511 g/mol. The van der Waals surface area contributed by atoms with Crippen LogP contribution in [0.25, 0.3) is 26.7 Å². The summed E-state index contributed by atoms with van der Waals surface area (Å²) in [6, 6.07) is 23.4. The number of anilines is 1. The fourth-order valence-corrected chi connectivity index (χ4v) is 7.16. The van der Waals surface area contributed by atoms with Crippen molar-refractivity contribution in [2.75, 3.05) is 11.1 Å². The van der Waals surface area contributed by atoms with Crippen molar-refractivity contribution in [2.24, 2.45) is 5.92 Å². The highest BCUT2D eigenvalue weighted by Crippen LogP contribution is 2.37. The SMILES string of the molecule is CC1CCc2c(sc3nc(SCC(=O)Nc4cccc5ccccc45)n(-c4ccccc4)c(=O)c23)C1. The minimum atomic E-state index is -0.135. The van der Waals surface area contributed by atoms with Crippen molar-refractivity contribution < 1.29 is 4.79 Å². The zero-order valence-electron chi connectivity index (χ0n) is 19.9. The normalized spacial score (nSPS) is 15.2. The lowest BCUT2D eigenvalue weighted by molar-refractivity contribution is -0.113. The molecule has 6 rings (SSSR count). The van der Waals surface area contributed by atoms with Crippen molar-refractivity contribution in [1.29, 1.82) is 0 Å². The number of aryl methyl sites for hydroxylation is 1. The predicted molar refractivity (Wildman–Crippen MR) is 150 cm³/mol. The average molecular weight is 512 g/mol. The summed E-state index contributed by atoms with van der Waals surface area (Å²) >= 11 is 2.93. The van der Waals surface area contributed by atoms with Crippen LogP contribution in [0, 0.1) is 5.92 Å². The summed E-state index contributed by atoms with van der Waals surface area (Å²) in [5.74, 6) is 0.633. The summed E-state index contributed by atoms with van der Waals surface area (Å²) < 4.78 is 1.67. The molecule has 0 radical (unpaired) electrons. The number of hydrogen-bond acceptors (Lipinski definition) is 5. The summed E-state index contributed by atoms with van der Waals surface area (Å²) in [4.78, 5) is 33.8. The zero-order valence-corrected chi connectivity index (χ0v) is 21.5. The third kappa shape index (κ3) is 4.22. The maximum atomic E-state index is 13.9. The number of nitrogens with one attached hydrogen (secondary N) is 1. The van der Waals surface area contributed by atoms with Gasteiger partial charge in [-0.3, -0.25) is 14.2 Å². The Morgan fingerprint density at radius 1 is 1.08 bits per heavy atom. The number of carbonyl (C=O) groups is 1. The van der Waals surface area contributed by atoms with Crippen LogP contribution in [-0.4, -0.2) is 21.2 Å². The van der Waals surface area contributed by atoms with Gasteiger partial charge in [0, 0.05) is 16.0 Å². The second-order valence-electron chi connectivity index (χ2n) is 9.27. The van der Waals surface area contributed by atoms with Crippen LogP contribution in [0.3, 0.4) is 0 Å². The molecule has 0 fully saturated rings. The van der Waals surface area contributed by atoms with Gasteiger partial charge < -0.3 is 5.32 Å². The minimum absolute atomic E-state index is 0.0461. The molecule has 180 valence electrons. The molecule has 0 spiro atoms. The van der Waals surface area contributed by atoms with Crippen LogP contribution in [0.4, 0.5) is 5.69 Å². The number of carbonyl (C=O) groups excluding carboxylic acids is 1. The van der Waals surface area contributed by atoms with Crippen molar-refractivity contribution in [3.05, 3.63) is 93.6 Å². The second kappa shape index (κ2) is 9.56. The van der Waals surface area contributed by atoms with Gasteiger partial charge in [0.05, 0.1) is 16.8 Å². The van der Waals surface area contributed by atoms with E-state index in [0.717, 1.165) is 51.6 Å². The molecular weight excluding hydrogens is 486 g/mol. The number of benzene rings is 3. The van der Waals surface area contributed by atoms with E-state index in [1.165, 1.54) is 22.2 Å². The van der Waals surface area contributed by atoms with Gasteiger partial charge in [0.2, 0.25) is 5.91 Å². The van der Waals surface area contributed by atoms with Gasteiger partial charge >= 0.3 is 0 Å². The first-order valence-corrected chi connectivity index (χ1v) is 13.9. The van der Waals surface area contributed by atoms with E-state index in [4.69, 9.17) is 4.98 Å². The fraction of sp³-hybridized carbons (Fsp3) is 0.207. The van der Waals surface area contributed by atoms with E-state index in [9.17, 15) is 9.59 Å². The van der Waals surface area contributed by atoms with E-state index < -0.39 is 0 Å². The van der Waals surface area contributed by atoms with Gasteiger partial charge in [-0.15, -0.1) is 11.3 Å². The second-order valence-corrected chi connectivity index (χ2v) is 11.3. The smallest absolute Gasteiger partial charge is 0.267 e. The number of hydrogen-bond donors (Lipinski definition) is 1. The number of rotatable bonds is 5. The lowest BCUT2D eigenvalue weighted by atomic mass is 9.89. The molecule has 1 aliphatic rings. The first kappa shape index (κ1) is 23.0. The largest absolute Gasteiger partial charge is 0.325 e. The van der Waals surface area contributed by atoms with E-state index in [1.807, 2.05) is 72.8 Å². The number of nitrogens with zero attached hydrogens (tertiary/aromatic N) is 2. The van der Waals surface area contributed by atoms with Gasteiger partial charge in [-0.1, -0.05) is 73.3 Å². The van der Waals surface area contributed by atoms with E-state index in [-0.39, 0.29) is 17.2 Å². The van der Waals surface area contributed by atoms with Crippen LogP contribution in [0.5, 0.6) is 0 Å².